The molecule has 8 nitrogen and oxygen atoms in total. The number of hydrogen-bond donors (Lipinski definition) is 3. The fourth-order valence-corrected chi connectivity index (χ4v) is 2.10. The SMILES string of the molecule is CCNC(=NCCS(N)(=O)=O)Nc1ccc(OC)c(OCC)c1. The number of nitrogens with zero attached hydrogens (tertiary/aromatic N) is 1. The van der Waals surface area contributed by atoms with Gasteiger partial charge in [0.2, 0.25) is 10.0 Å². The Morgan fingerprint density at radius 1 is 1.30 bits per heavy atom. The van der Waals surface area contributed by atoms with Crippen LogP contribution in [0.1, 0.15) is 13.8 Å². The molecule has 0 aliphatic rings. The van der Waals surface area contributed by atoms with Gasteiger partial charge in [-0.25, -0.2) is 13.6 Å². The van der Waals surface area contributed by atoms with Gasteiger partial charge >= 0.3 is 0 Å². The Labute approximate surface area is 137 Å². The maximum Gasteiger partial charge on any atom is 0.210 e. The minimum Gasteiger partial charge on any atom is -0.493 e. The second kappa shape index (κ2) is 9.21. The highest BCUT2D eigenvalue weighted by molar-refractivity contribution is 7.89. The number of nitrogens with two attached hydrogens (primary N) is 1. The van der Waals surface area contributed by atoms with E-state index in [2.05, 4.69) is 15.6 Å². The van der Waals surface area contributed by atoms with Gasteiger partial charge in [-0.05, 0) is 26.0 Å². The monoisotopic (exact) mass is 344 g/mol. The molecule has 0 aliphatic carbocycles. The van der Waals surface area contributed by atoms with Crippen LogP contribution in [0.4, 0.5) is 5.69 Å². The minimum absolute atomic E-state index is 0.0721. The summed E-state index contributed by atoms with van der Waals surface area (Å²) in [6.07, 6.45) is 0. The number of primary sulfonamides is 1. The Kier molecular flexibility index (Phi) is 7.63. The average molecular weight is 344 g/mol. The molecule has 0 amide bonds. The van der Waals surface area contributed by atoms with Gasteiger partial charge in [-0.15, -0.1) is 0 Å². The predicted octanol–water partition coefficient (Wildman–Crippen LogP) is 0.760. The third kappa shape index (κ3) is 7.20. The van der Waals surface area contributed by atoms with Crippen LogP contribution >= 0.6 is 0 Å². The Bertz CT molecular complexity index is 632. The largest absolute Gasteiger partial charge is 0.493 e. The molecule has 1 aromatic carbocycles. The van der Waals surface area contributed by atoms with Gasteiger partial charge < -0.3 is 20.1 Å². The Balaban J connectivity index is 2.87. The van der Waals surface area contributed by atoms with Crippen molar-refractivity contribution in [3.63, 3.8) is 0 Å². The fraction of sp³-hybridized carbons (Fsp3) is 0.500. The highest BCUT2D eigenvalue weighted by atomic mass is 32.2. The number of ether oxygens (including phenoxy) is 2. The fourth-order valence-electron chi connectivity index (χ4n) is 1.75. The van der Waals surface area contributed by atoms with Crippen LogP contribution < -0.4 is 25.2 Å². The van der Waals surface area contributed by atoms with Crippen molar-refractivity contribution in [3.8, 4) is 11.5 Å². The van der Waals surface area contributed by atoms with E-state index < -0.39 is 10.0 Å². The van der Waals surface area contributed by atoms with E-state index in [1.165, 1.54) is 0 Å². The van der Waals surface area contributed by atoms with Crippen LogP contribution in [-0.2, 0) is 10.0 Å². The van der Waals surface area contributed by atoms with Crippen LogP contribution in [0, 0.1) is 0 Å². The standard InChI is InChI=1S/C14H24N4O4S/c1-4-16-14(17-8-9-23(15,19)20)18-11-6-7-12(21-3)13(10-11)22-5-2/h6-7,10H,4-5,8-9H2,1-3H3,(H2,15,19,20)(H2,16,17,18). The van der Waals surface area contributed by atoms with Gasteiger partial charge in [-0.2, -0.15) is 0 Å². The first-order valence-corrected chi connectivity index (χ1v) is 8.97. The number of rotatable bonds is 8. The molecule has 0 atom stereocenters. The maximum atomic E-state index is 11.0. The van der Waals surface area contributed by atoms with E-state index in [1.54, 1.807) is 19.2 Å². The van der Waals surface area contributed by atoms with Crippen molar-refractivity contribution in [1.82, 2.24) is 5.32 Å². The van der Waals surface area contributed by atoms with Crippen molar-refractivity contribution < 1.29 is 17.9 Å². The molecule has 0 fully saturated rings. The lowest BCUT2D eigenvalue weighted by Gasteiger charge is -2.14. The molecule has 1 rings (SSSR count). The molecule has 9 heteroatoms. The summed E-state index contributed by atoms with van der Waals surface area (Å²) in [5.41, 5.74) is 0.740. The van der Waals surface area contributed by atoms with E-state index >= 15 is 0 Å². The Hall–Kier alpha value is -2.00. The van der Waals surface area contributed by atoms with Gasteiger partial charge in [0.05, 0.1) is 26.0 Å². The van der Waals surface area contributed by atoms with E-state index in [1.807, 2.05) is 19.9 Å². The maximum absolute atomic E-state index is 11.0. The summed E-state index contributed by atoms with van der Waals surface area (Å²) in [5, 5.41) is 11.1. The number of guanidine groups is 1. The van der Waals surface area contributed by atoms with Crippen LogP contribution in [0.25, 0.3) is 0 Å². The molecule has 0 bridgehead atoms. The molecular weight excluding hydrogens is 320 g/mol. The summed E-state index contributed by atoms with van der Waals surface area (Å²) in [4.78, 5) is 4.18. The molecule has 1 aromatic rings. The number of hydrogen-bond acceptors (Lipinski definition) is 5. The average Bonchev–Trinajstić information content (AvgIpc) is 2.47. The summed E-state index contributed by atoms with van der Waals surface area (Å²) in [6.45, 7) is 5.02. The molecule has 130 valence electrons. The molecule has 0 radical (unpaired) electrons. The van der Waals surface area contributed by atoms with Gasteiger partial charge in [0.1, 0.15) is 0 Å². The lowest BCUT2D eigenvalue weighted by atomic mass is 10.2. The third-order valence-electron chi connectivity index (χ3n) is 2.72. The van der Waals surface area contributed by atoms with Crippen LogP contribution in [0.2, 0.25) is 0 Å². The van der Waals surface area contributed by atoms with Gasteiger partial charge in [0.25, 0.3) is 0 Å². The summed E-state index contributed by atoms with van der Waals surface area (Å²) in [6, 6.07) is 5.38. The van der Waals surface area contributed by atoms with Gasteiger partial charge in [0, 0.05) is 18.3 Å². The van der Waals surface area contributed by atoms with E-state index in [-0.39, 0.29) is 12.3 Å². The van der Waals surface area contributed by atoms with Crippen molar-refractivity contribution in [2.24, 2.45) is 10.1 Å². The van der Waals surface area contributed by atoms with Crippen molar-refractivity contribution >= 4 is 21.7 Å². The van der Waals surface area contributed by atoms with E-state index in [0.717, 1.165) is 5.69 Å². The van der Waals surface area contributed by atoms with E-state index in [0.29, 0.717) is 30.6 Å². The molecule has 4 N–H and O–H groups in total. The van der Waals surface area contributed by atoms with Gasteiger partial charge in [-0.1, -0.05) is 0 Å². The predicted molar refractivity (Wildman–Crippen MR) is 91.7 cm³/mol. The number of benzene rings is 1. The summed E-state index contributed by atoms with van der Waals surface area (Å²) >= 11 is 0. The number of nitrogens with one attached hydrogen (secondary N) is 2. The first-order valence-electron chi connectivity index (χ1n) is 7.26. The second-order valence-electron chi connectivity index (χ2n) is 4.55. The highest BCUT2D eigenvalue weighted by Crippen LogP contribution is 2.30. The quantitative estimate of drug-likeness (QED) is 0.474. The second-order valence-corrected chi connectivity index (χ2v) is 6.29. The minimum atomic E-state index is -3.53. The normalized spacial score (nSPS) is 11.9. The number of anilines is 1. The summed E-state index contributed by atoms with van der Waals surface area (Å²) in [7, 11) is -1.96. The summed E-state index contributed by atoms with van der Waals surface area (Å²) < 4.78 is 32.6. The topological polar surface area (TPSA) is 115 Å². The molecule has 0 spiro atoms. The van der Waals surface area contributed by atoms with Crippen molar-refractivity contribution in [2.75, 3.05) is 37.9 Å². The number of methoxy groups -OCH3 is 1. The van der Waals surface area contributed by atoms with Crippen LogP contribution in [0.15, 0.2) is 23.2 Å². The van der Waals surface area contributed by atoms with Crippen LogP contribution in [0.5, 0.6) is 11.5 Å². The number of sulfonamides is 1. The first kappa shape index (κ1) is 19.0. The molecular formula is C14H24N4O4S. The lowest BCUT2D eigenvalue weighted by molar-refractivity contribution is 0.311. The van der Waals surface area contributed by atoms with E-state index in [4.69, 9.17) is 14.6 Å². The van der Waals surface area contributed by atoms with Gasteiger partial charge in [0.15, 0.2) is 17.5 Å². The van der Waals surface area contributed by atoms with Crippen LogP contribution in [-0.4, -0.2) is 46.9 Å². The lowest BCUT2D eigenvalue weighted by Crippen LogP contribution is -2.31. The molecule has 0 aliphatic heterocycles. The third-order valence-corrected chi connectivity index (χ3v) is 3.47. The molecule has 0 saturated heterocycles. The molecule has 0 aromatic heterocycles. The van der Waals surface area contributed by atoms with Crippen molar-refractivity contribution in [2.45, 2.75) is 13.8 Å². The molecule has 0 saturated carbocycles. The van der Waals surface area contributed by atoms with Crippen LogP contribution in [0.3, 0.4) is 0 Å². The highest BCUT2D eigenvalue weighted by Gasteiger charge is 2.07. The zero-order valence-corrected chi connectivity index (χ0v) is 14.4. The van der Waals surface area contributed by atoms with Crippen molar-refractivity contribution in [3.05, 3.63) is 18.2 Å². The smallest absolute Gasteiger partial charge is 0.210 e. The van der Waals surface area contributed by atoms with Gasteiger partial charge in [-0.3, -0.25) is 4.99 Å². The zero-order valence-electron chi connectivity index (χ0n) is 13.6. The molecule has 0 heterocycles. The Morgan fingerprint density at radius 2 is 2.04 bits per heavy atom. The molecule has 23 heavy (non-hydrogen) atoms. The zero-order chi connectivity index (χ0) is 17.3. The molecule has 0 unspecified atom stereocenters. The number of aliphatic imine (C=N–C) groups is 1. The Morgan fingerprint density at radius 3 is 2.61 bits per heavy atom. The first-order chi connectivity index (χ1) is 10.9. The summed E-state index contributed by atoms with van der Waals surface area (Å²) in [5.74, 6) is 1.49. The van der Waals surface area contributed by atoms with Crippen molar-refractivity contribution in [1.29, 1.82) is 0 Å². The van der Waals surface area contributed by atoms with E-state index in [9.17, 15) is 8.42 Å².